The first kappa shape index (κ1) is 10.3. The first-order valence-corrected chi connectivity index (χ1v) is 4.62. The van der Waals surface area contributed by atoms with Gasteiger partial charge in [0.25, 0.3) is 0 Å². The van der Waals surface area contributed by atoms with Gasteiger partial charge in [0, 0.05) is 17.8 Å². The molecule has 0 aliphatic carbocycles. The molecule has 5 nitrogen and oxygen atoms in total. The van der Waals surface area contributed by atoms with Gasteiger partial charge in [-0.3, -0.25) is 0 Å². The van der Waals surface area contributed by atoms with E-state index in [1.54, 1.807) is 6.07 Å². The lowest BCUT2D eigenvalue weighted by atomic mass is 10.3. The van der Waals surface area contributed by atoms with Crippen LogP contribution >= 0.6 is 0 Å². The molecular formula is C10H11FN4O. The number of rotatable bonds is 2. The van der Waals surface area contributed by atoms with E-state index in [-0.39, 0.29) is 5.75 Å². The maximum Gasteiger partial charge on any atom is 0.214 e. The Bertz CT molecular complexity index is 458. The van der Waals surface area contributed by atoms with Crippen molar-refractivity contribution >= 4 is 12.0 Å². The summed E-state index contributed by atoms with van der Waals surface area (Å²) in [5.74, 6) is -0.0288. The summed E-state index contributed by atoms with van der Waals surface area (Å²) in [6, 6.07) is 4.19. The Morgan fingerprint density at radius 2 is 2.19 bits per heavy atom. The Hall–Kier alpha value is -2.24. The minimum Gasteiger partial charge on any atom is -0.462 e. The number of hydrogen-bond donors (Lipinski definition) is 3. The Kier molecular flexibility index (Phi) is 2.63. The fourth-order valence-electron chi connectivity index (χ4n) is 1.24. The highest BCUT2D eigenvalue weighted by Gasteiger charge is 2.12. The van der Waals surface area contributed by atoms with Crippen LogP contribution in [0, 0.1) is 5.82 Å². The SMILES string of the molecule is NC1=CC(Oc2ccc(N)cc2F)N=CN1. The van der Waals surface area contributed by atoms with Gasteiger partial charge in [0.2, 0.25) is 6.23 Å². The van der Waals surface area contributed by atoms with E-state index < -0.39 is 12.0 Å². The van der Waals surface area contributed by atoms with Crippen LogP contribution in [0.2, 0.25) is 0 Å². The molecule has 0 bridgehead atoms. The smallest absolute Gasteiger partial charge is 0.214 e. The molecule has 5 N–H and O–H groups in total. The summed E-state index contributed by atoms with van der Waals surface area (Å²) < 4.78 is 18.7. The van der Waals surface area contributed by atoms with Gasteiger partial charge in [-0.2, -0.15) is 0 Å². The molecule has 84 valence electrons. The highest BCUT2D eigenvalue weighted by molar-refractivity contribution is 5.59. The van der Waals surface area contributed by atoms with E-state index in [0.29, 0.717) is 11.5 Å². The standard InChI is InChI=1S/C10H11FN4O/c11-7-3-6(12)1-2-8(7)16-10-4-9(13)14-5-15-10/h1-5,10H,12-13H2,(H,14,15). The molecule has 1 aromatic carbocycles. The molecule has 0 saturated heterocycles. The van der Waals surface area contributed by atoms with E-state index in [1.807, 2.05) is 0 Å². The van der Waals surface area contributed by atoms with Gasteiger partial charge in [0.15, 0.2) is 11.6 Å². The van der Waals surface area contributed by atoms with Crippen molar-refractivity contribution in [2.75, 3.05) is 5.73 Å². The van der Waals surface area contributed by atoms with E-state index in [0.717, 1.165) is 0 Å². The van der Waals surface area contributed by atoms with Gasteiger partial charge in [0.1, 0.15) is 5.82 Å². The average molecular weight is 222 g/mol. The minimum atomic E-state index is -0.626. The molecule has 0 aromatic heterocycles. The molecule has 1 heterocycles. The summed E-state index contributed by atoms with van der Waals surface area (Å²) in [5, 5.41) is 2.67. The summed E-state index contributed by atoms with van der Waals surface area (Å²) in [6.45, 7) is 0. The molecule has 0 radical (unpaired) electrons. The van der Waals surface area contributed by atoms with Gasteiger partial charge in [-0.15, -0.1) is 0 Å². The van der Waals surface area contributed by atoms with Crippen molar-refractivity contribution in [3.8, 4) is 5.75 Å². The molecule has 1 unspecified atom stereocenters. The van der Waals surface area contributed by atoms with E-state index in [1.165, 1.54) is 24.5 Å². The van der Waals surface area contributed by atoms with Crippen molar-refractivity contribution in [3.05, 3.63) is 35.9 Å². The zero-order valence-electron chi connectivity index (χ0n) is 8.35. The maximum atomic E-state index is 13.4. The van der Waals surface area contributed by atoms with Gasteiger partial charge >= 0.3 is 0 Å². The molecule has 0 saturated carbocycles. The number of ether oxygens (including phenoxy) is 1. The summed E-state index contributed by atoms with van der Waals surface area (Å²) in [7, 11) is 0. The molecule has 1 aromatic rings. The second kappa shape index (κ2) is 4.09. The summed E-state index contributed by atoms with van der Waals surface area (Å²) in [4.78, 5) is 3.93. The maximum absolute atomic E-state index is 13.4. The van der Waals surface area contributed by atoms with Crippen LogP contribution in [0.25, 0.3) is 0 Å². The van der Waals surface area contributed by atoms with Crippen molar-refractivity contribution in [2.24, 2.45) is 10.7 Å². The third kappa shape index (κ3) is 2.22. The van der Waals surface area contributed by atoms with E-state index in [4.69, 9.17) is 16.2 Å². The summed E-state index contributed by atoms with van der Waals surface area (Å²) in [5.41, 5.74) is 11.3. The zero-order valence-corrected chi connectivity index (χ0v) is 8.35. The quantitative estimate of drug-likeness (QED) is 0.638. The highest BCUT2D eigenvalue weighted by atomic mass is 19.1. The molecular weight excluding hydrogens is 211 g/mol. The van der Waals surface area contributed by atoms with Crippen molar-refractivity contribution in [3.63, 3.8) is 0 Å². The monoisotopic (exact) mass is 222 g/mol. The third-order valence-corrected chi connectivity index (χ3v) is 1.98. The van der Waals surface area contributed by atoms with Crippen LogP contribution in [-0.4, -0.2) is 12.6 Å². The predicted octanol–water partition coefficient (Wildman–Crippen LogP) is 0.544. The van der Waals surface area contributed by atoms with Gasteiger partial charge < -0.3 is 21.5 Å². The first-order valence-electron chi connectivity index (χ1n) is 4.62. The molecule has 1 aliphatic rings. The lowest BCUT2D eigenvalue weighted by Crippen LogP contribution is -2.28. The minimum absolute atomic E-state index is 0.0855. The molecule has 1 aliphatic heterocycles. The molecule has 2 rings (SSSR count). The third-order valence-electron chi connectivity index (χ3n) is 1.98. The van der Waals surface area contributed by atoms with E-state index >= 15 is 0 Å². The predicted molar refractivity (Wildman–Crippen MR) is 59.1 cm³/mol. The number of aliphatic imine (C=N–C) groups is 1. The van der Waals surface area contributed by atoms with Crippen LogP contribution in [0.1, 0.15) is 0 Å². The van der Waals surface area contributed by atoms with Gasteiger partial charge in [-0.05, 0) is 12.1 Å². The fraction of sp³-hybridized carbons (Fsp3) is 0.100. The number of nitrogens with one attached hydrogen (secondary N) is 1. The van der Waals surface area contributed by atoms with Gasteiger partial charge in [0.05, 0.1) is 6.34 Å². The second-order valence-corrected chi connectivity index (χ2v) is 3.24. The molecule has 0 fully saturated rings. The molecule has 16 heavy (non-hydrogen) atoms. The number of nitrogens with two attached hydrogens (primary N) is 2. The molecule has 6 heteroatoms. The molecule has 1 atom stereocenters. The number of nitrogen functional groups attached to an aromatic ring is 1. The summed E-state index contributed by atoms with van der Waals surface area (Å²) in [6.07, 6.45) is 2.31. The normalized spacial score (nSPS) is 18.8. The molecule has 0 amide bonds. The fourth-order valence-corrected chi connectivity index (χ4v) is 1.24. The van der Waals surface area contributed by atoms with Crippen LogP contribution in [0.5, 0.6) is 5.75 Å². The van der Waals surface area contributed by atoms with Crippen LogP contribution in [0.4, 0.5) is 10.1 Å². The van der Waals surface area contributed by atoms with E-state index in [9.17, 15) is 4.39 Å². The summed E-state index contributed by atoms with van der Waals surface area (Å²) >= 11 is 0. The topological polar surface area (TPSA) is 85.7 Å². The van der Waals surface area contributed by atoms with Crippen LogP contribution < -0.4 is 21.5 Å². The Morgan fingerprint density at radius 3 is 2.88 bits per heavy atom. The Labute approximate surface area is 91.6 Å². The lowest BCUT2D eigenvalue weighted by molar-refractivity contribution is 0.245. The molecule has 0 spiro atoms. The van der Waals surface area contributed by atoms with Crippen molar-refractivity contribution in [1.29, 1.82) is 0 Å². The van der Waals surface area contributed by atoms with Gasteiger partial charge in [-0.1, -0.05) is 0 Å². The number of hydrogen-bond acceptors (Lipinski definition) is 5. The second-order valence-electron chi connectivity index (χ2n) is 3.24. The van der Waals surface area contributed by atoms with E-state index in [2.05, 4.69) is 10.3 Å². The number of benzene rings is 1. The van der Waals surface area contributed by atoms with Crippen LogP contribution in [0.3, 0.4) is 0 Å². The average Bonchev–Trinajstić information content (AvgIpc) is 2.22. The van der Waals surface area contributed by atoms with Crippen LogP contribution in [-0.2, 0) is 0 Å². The van der Waals surface area contributed by atoms with Crippen LogP contribution in [0.15, 0.2) is 35.1 Å². The largest absolute Gasteiger partial charge is 0.462 e. The highest BCUT2D eigenvalue weighted by Crippen LogP contribution is 2.21. The van der Waals surface area contributed by atoms with Crippen molar-refractivity contribution in [1.82, 2.24) is 5.32 Å². The number of nitrogens with zero attached hydrogens (tertiary/aromatic N) is 1. The van der Waals surface area contributed by atoms with Crippen molar-refractivity contribution < 1.29 is 9.13 Å². The zero-order chi connectivity index (χ0) is 11.5. The first-order chi connectivity index (χ1) is 7.65. The lowest BCUT2D eigenvalue weighted by Gasteiger charge is -2.16. The Balaban J connectivity index is 2.15. The Morgan fingerprint density at radius 1 is 1.38 bits per heavy atom. The van der Waals surface area contributed by atoms with Crippen molar-refractivity contribution in [2.45, 2.75) is 6.23 Å². The number of halogens is 1. The van der Waals surface area contributed by atoms with Gasteiger partial charge in [-0.25, -0.2) is 9.38 Å². The number of anilines is 1.